The lowest BCUT2D eigenvalue weighted by Gasteiger charge is -2.25. The van der Waals surface area contributed by atoms with Crippen molar-refractivity contribution in [3.05, 3.63) is 59.2 Å². The molecule has 1 saturated carbocycles. The van der Waals surface area contributed by atoms with Gasteiger partial charge in [0.05, 0.1) is 19.6 Å². The van der Waals surface area contributed by atoms with E-state index < -0.39 is 6.04 Å². The number of carbonyl (C=O) groups is 2. The second-order valence-electron chi connectivity index (χ2n) is 10.4. The molecule has 4 rings (SSSR count). The predicted octanol–water partition coefficient (Wildman–Crippen LogP) is 3.37. The third kappa shape index (κ3) is 7.87. The summed E-state index contributed by atoms with van der Waals surface area (Å²) in [7, 11) is 1.61. The van der Waals surface area contributed by atoms with Gasteiger partial charge in [0, 0.05) is 5.56 Å². The quantitative estimate of drug-likeness (QED) is 0.224. The molecule has 11 nitrogen and oxygen atoms in total. The van der Waals surface area contributed by atoms with Crippen LogP contribution < -0.4 is 21.1 Å². The predicted molar refractivity (Wildman–Crippen MR) is 152 cm³/mol. The Morgan fingerprint density at radius 2 is 1.98 bits per heavy atom. The third-order valence-electron chi connectivity index (χ3n) is 7.32. The van der Waals surface area contributed by atoms with E-state index in [0.717, 1.165) is 53.7 Å². The molecule has 5 N–H and O–H groups in total. The number of ether oxygens (including phenoxy) is 1. The molecule has 0 unspecified atom stereocenters. The monoisotopic (exact) mass is 546 g/mol. The summed E-state index contributed by atoms with van der Waals surface area (Å²) in [6, 6.07) is 12.2. The lowest BCUT2D eigenvalue weighted by atomic mass is 9.84. The molecule has 40 heavy (non-hydrogen) atoms. The zero-order chi connectivity index (χ0) is 28.5. The van der Waals surface area contributed by atoms with Gasteiger partial charge < -0.3 is 15.8 Å². The van der Waals surface area contributed by atoms with Crippen molar-refractivity contribution < 1.29 is 14.3 Å². The Morgan fingerprint density at radius 3 is 2.67 bits per heavy atom. The summed E-state index contributed by atoms with van der Waals surface area (Å²) in [6.45, 7) is 3.84. The maximum Gasteiger partial charge on any atom is 0.245 e. The number of nitrogens with zero attached hydrogens (tertiary/aromatic N) is 4. The first kappa shape index (κ1) is 28.7. The molecule has 0 saturated heterocycles. The van der Waals surface area contributed by atoms with Crippen LogP contribution in [-0.2, 0) is 16.0 Å². The molecule has 1 aliphatic rings. The molecule has 0 radical (unpaired) electrons. The number of H-pyrrole nitrogens is 1. The van der Waals surface area contributed by atoms with Gasteiger partial charge in [-0.2, -0.15) is 5.21 Å². The molecule has 1 fully saturated rings. The molecule has 212 valence electrons. The van der Waals surface area contributed by atoms with Gasteiger partial charge in [-0.05, 0) is 60.2 Å². The van der Waals surface area contributed by atoms with E-state index in [-0.39, 0.29) is 30.2 Å². The fourth-order valence-electron chi connectivity index (χ4n) is 5.20. The van der Waals surface area contributed by atoms with Gasteiger partial charge in [-0.1, -0.05) is 62.4 Å². The normalized spacial score (nSPS) is 15.7. The Kier molecular flexibility index (Phi) is 9.82. The second kappa shape index (κ2) is 13.7. The van der Waals surface area contributed by atoms with Crippen LogP contribution in [-0.4, -0.2) is 51.5 Å². The molecular weight excluding hydrogens is 508 g/mol. The number of nitrogens with one attached hydrogen (secondary N) is 3. The van der Waals surface area contributed by atoms with Gasteiger partial charge in [0.15, 0.2) is 5.96 Å². The minimum atomic E-state index is -0.713. The SMILES string of the molecule is COc1ccc(CC(=O)NC(N)=N[C@H](CC2CCCCC2)C(=O)N[C@@H](C)c2cccc(-c3nn[nH]n3)c2)cc1C. The average Bonchev–Trinajstić information content (AvgIpc) is 3.48. The molecule has 3 aromatic rings. The first-order valence-corrected chi connectivity index (χ1v) is 13.7. The molecule has 1 heterocycles. The number of hydrogen-bond acceptors (Lipinski definition) is 7. The zero-order valence-corrected chi connectivity index (χ0v) is 23.3. The number of nitrogens with two attached hydrogens (primary N) is 1. The number of aliphatic imine (C=N–C) groups is 1. The van der Waals surface area contributed by atoms with Crippen LogP contribution in [0.5, 0.6) is 5.75 Å². The van der Waals surface area contributed by atoms with Crippen molar-refractivity contribution in [1.29, 1.82) is 0 Å². The first-order valence-electron chi connectivity index (χ1n) is 13.7. The van der Waals surface area contributed by atoms with E-state index in [4.69, 9.17) is 10.5 Å². The number of tetrazole rings is 1. The Labute approximate surface area is 234 Å². The van der Waals surface area contributed by atoms with E-state index in [0.29, 0.717) is 18.2 Å². The van der Waals surface area contributed by atoms with Crippen molar-refractivity contribution in [2.24, 2.45) is 16.6 Å². The third-order valence-corrected chi connectivity index (χ3v) is 7.32. The van der Waals surface area contributed by atoms with Gasteiger partial charge in [-0.15, -0.1) is 10.2 Å². The van der Waals surface area contributed by atoms with Gasteiger partial charge in [0.2, 0.25) is 17.6 Å². The summed E-state index contributed by atoms with van der Waals surface area (Å²) in [4.78, 5) is 30.7. The van der Waals surface area contributed by atoms with Crippen LogP contribution in [0, 0.1) is 12.8 Å². The molecule has 1 aliphatic carbocycles. The maximum atomic E-state index is 13.5. The highest BCUT2D eigenvalue weighted by Gasteiger charge is 2.26. The van der Waals surface area contributed by atoms with Gasteiger partial charge in [0.1, 0.15) is 11.8 Å². The maximum absolute atomic E-state index is 13.5. The van der Waals surface area contributed by atoms with Gasteiger partial charge >= 0.3 is 0 Å². The van der Waals surface area contributed by atoms with Crippen molar-refractivity contribution >= 4 is 17.8 Å². The molecular formula is C29H38N8O3. The molecule has 1 aromatic heterocycles. The second-order valence-corrected chi connectivity index (χ2v) is 10.4. The van der Waals surface area contributed by atoms with E-state index >= 15 is 0 Å². The van der Waals surface area contributed by atoms with E-state index in [2.05, 4.69) is 36.3 Å². The zero-order valence-electron chi connectivity index (χ0n) is 23.3. The van der Waals surface area contributed by atoms with Crippen LogP contribution in [0.2, 0.25) is 0 Å². The minimum absolute atomic E-state index is 0.0575. The minimum Gasteiger partial charge on any atom is -0.496 e. The number of hydrogen-bond donors (Lipinski definition) is 4. The number of aryl methyl sites for hydroxylation is 1. The number of rotatable bonds is 10. The number of aromatic nitrogens is 4. The van der Waals surface area contributed by atoms with E-state index in [1.807, 2.05) is 56.3 Å². The van der Waals surface area contributed by atoms with Gasteiger partial charge in [0.25, 0.3) is 0 Å². The molecule has 0 spiro atoms. The lowest BCUT2D eigenvalue weighted by molar-refractivity contribution is -0.123. The van der Waals surface area contributed by atoms with Gasteiger partial charge in [-0.25, -0.2) is 4.99 Å². The summed E-state index contributed by atoms with van der Waals surface area (Å²) in [6.07, 6.45) is 6.35. The number of methoxy groups -OCH3 is 1. The highest BCUT2D eigenvalue weighted by Crippen LogP contribution is 2.29. The van der Waals surface area contributed by atoms with Crippen LogP contribution in [0.1, 0.15) is 68.2 Å². The summed E-state index contributed by atoms with van der Waals surface area (Å²) in [5.41, 5.74) is 9.62. The Balaban J connectivity index is 1.44. The molecule has 11 heteroatoms. The van der Waals surface area contributed by atoms with Crippen LogP contribution in [0.4, 0.5) is 0 Å². The highest BCUT2D eigenvalue weighted by molar-refractivity contribution is 5.98. The molecule has 0 bridgehead atoms. The van der Waals surface area contributed by atoms with Crippen molar-refractivity contribution in [3.63, 3.8) is 0 Å². The van der Waals surface area contributed by atoms with E-state index in [9.17, 15) is 9.59 Å². The summed E-state index contributed by atoms with van der Waals surface area (Å²) in [5, 5.41) is 19.9. The average molecular weight is 547 g/mol. The summed E-state index contributed by atoms with van der Waals surface area (Å²) < 4.78 is 5.29. The number of guanidine groups is 1. The standard InChI is InChI=1S/C29H38N8O3/c1-18-14-21(12-13-25(18)40-3)16-26(38)33-29(30)32-24(15-20-8-5-4-6-9-20)28(39)31-19(2)22-10-7-11-23(17-22)27-34-36-37-35-27/h7,10-14,17,19-20,24H,4-6,8-9,15-16H2,1-3H3,(H,31,39)(H3,30,32,33,38)(H,34,35,36,37)/t19-,24+/m0/s1. The lowest BCUT2D eigenvalue weighted by Crippen LogP contribution is -2.42. The van der Waals surface area contributed by atoms with Crippen LogP contribution in [0.25, 0.3) is 11.4 Å². The topological polar surface area (TPSA) is 160 Å². The smallest absolute Gasteiger partial charge is 0.245 e. The largest absolute Gasteiger partial charge is 0.496 e. The number of aromatic amines is 1. The molecule has 0 aliphatic heterocycles. The first-order chi connectivity index (χ1) is 19.3. The molecule has 2 aromatic carbocycles. The number of amides is 2. The van der Waals surface area contributed by atoms with E-state index in [1.165, 1.54) is 6.42 Å². The molecule has 2 atom stereocenters. The van der Waals surface area contributed by atoms with Gasteiger partial charge in [-0.3, -0.25) is 14.9 Å². The Hall–Kier alpha value is -4.28. The van der Waals surface area contributed by atoms with Crippen LogP contribution in [0.15, 0.2) is 47.5 Å². The fourth-order valence-corrected chi connectivity index (χ4v) is 5.20. The van der Waals surface area contributed by atoms with Crippen molar-refractivity contribution in [3.8, 4) is 17.1 Å². The summed E-state index contributed by atoms with van der Waals surface area (Å²) >= 11 is 0. The fraction of sp³-hybridized carbons (Fsp3) is 0.448. The number of carbonyl (C=O) groups excluding carboxylic acids is 2. The van der Waals surface area contributed by atoms with Crippen LogP contribution in [0.3, 0.4) is 0 Å². The van der Waals surface area contributed by atoms with Crippen molar-refractivity contribution in [2.75, 3.05) is 7.11 Å². The van der Waals surface area contributed by atoms with Crippen molar-refractivity contribution in [1.82, 2.24) is 31.3 Å². The molecule has 2 amide bonds. The number of benzene rings is 2. The van der Waals surface area contributed by atoms with Crippen LogP contribution >= 0.6 is 0 Å². The van der Waals surface area contributed by atoms with E-state index in [1.54, 1.807) is 7.11 Å². The summed E-state index contributed by atoms with van der Waals surface area (Å²) in [5.74, 6) is 1.04. The van der Waals surface area contributed by atoms with Crippen molar-refractivity contribution in [2.45, 2.75) is 70.9 Å². The Morgan fingerprint density at radius 1 is 1.18 bits per heavy atom. The highest BCUT2D eigenvalue weighted by atomic mass is 16.5. The Bertz CT molecular complexity index is 1320.